The summed E-state index contributed by atoms with van der Waals surface area (Å²) in [7, 11) is 0. The number of fused-ring (bicyclic) bond motifs is 3. The molecule has 0 spiro atoms. The third-order valence-corrected chi connectivity index (χ3v) is 5.78. The van der Waals surface area contributed by atoms with Crippen LogP contribution >= 0.6 is 0 Å². The van der Waals surface area contributed by atoms with Crippen molar-refractivity contribution in [2.75, 3.05) is 5.73 Å². The second-order valence-corrected chi connectivity index (χ2v) is 8.23. The summed E-state index contributed by atoms with van der Waals surface area (Å²) in [6, 6.07) is 3.44. The Kier molecular flexibility index (Phi) is 5.11. The van der Waals surface area contributed by atoms with Crippen LogP contribution < -0.4 is 5.73 Å². The Morgan fingerprint density at radius 3 is 2.40 bits per heavy atom. The number of imidazole rings is 1. The van der Waals surface area contributed by atoms with Crippen molar-refractivity contribution < 1.29 is 31.1 Å². The second-order valence-electron chi connectivity index (χ2n) is 8.23. The van der Waals surface area contributed by atoms with Crippen LogP contribution in [0.5, 0.6) is 0 Å². The van der Waals surface area contributed by atoms with Crippen LogP contribution in [0.25, 0.3) is 16.6 Å². The molecule has 3 heterocycles. The van der Waals surface area contributed by atoms with E-state index in [4.69, 9.17) is 5.73 Å². The zero-order valence-electron chi connectivity index (χ0n) is 17.7. The van der Waals surface area contributed by atoms with Gasteiger partial charge in [0.25, 0.3) is 5.91 Å². The Hall–Kier alpha value is -3.90. The summed E-state index contributed by atoms with van der Waals surface area (Å²) in [5.74, 6) is -0.927. The van der Waals surface area contributed by atoms with E-state index < -0.39 is 35.0 Å². The molecule has 0 atom stereocenters. The van der Waals surface area contributed by atoms with Crippen LogP contribution in [0.15, 0.2) is 43.0 Å². The van der Waals surface area contributed by atoms with Gasteiger partial charge in [0.1, 0.15) is 11.3 Å². The van der Waals surface area contributed by atoms with Gasteiger partial charge in [-0.2, -0.15) is 26.3 Å². The number of rotatable bonds is 4. The van der Waals surface area contributed by atoms with Crippen molar-refractivity contribution in [3.05, 3.63) is 65.4 Å². The SMILES string of the molecule is Nc1nc2cc(C(F)(F)F)c(C(=O)N(Cc3ccc(C(F)(F)F)cn3)C3CC3)cc2n2cncc12. The van der Waals surface area contributed by atoms with Gasteiger partial charge in [-0.3, -0.25) is 14.2 Å². The van der Waals surface area contributed by atoms with E-state index in [1.54, 1.807) is 0 Å². The van der Waals surface area contributed by atoms with E-state index >= 15 is 0 Å². The number of anilines is 1. The number of alkyl halides is 6. The number of pyridine rings is 1. The highest BCUT2D eigenvalue weighted by Crippen LogP contribution is 2.38. The number of carbonyl (C=O) groups excluding carboxylic acids is 1. The molecule has 182 valence electrons. The molecule has 0 aliphatic heterocycles. The van der Waals surface area contributed by atoms with E-state index in [2.05, 4.69) is 15.0 Å². The Morgan fingerprint density at radius 2 is 1.80 bits per heavy atom. The molecule has 1 saturated carbocycles. The molecule has 0 unspecified atom stereocenters. The van der Waals surface area contributed by atoms with Crippen LogP contribution in [0, 0.1) is 0 Å². The Bertz CT molecular complexity index is 1440. The topological polar surface area (TPSA) is 89.4 Å². The van der Waals surface area contributed by atoms with Crippen molar-refractivity contribution in [3.8, 4) is 0 Å². The summed E-state index contributed by atoms with van der Waals surface area (Å²) in [4.78, 5) is 26.4. The van der Waals surface area contributed by atoms with Gasteiger partial charge in [-0.15, -0.1) is 0 Å². The zero-order valence-corrected chi connectivity index (χ0v) is 17.7. The molecule has 2 N–H and O–H groups in total. The van der Waals surface area contributed by atoms with Crippen LogP contribution in [0.3, 0.4) is 0 Å². The first-order chi connectivity index (χ1) is 16.4. The van der Waals surface area contributed by atoms with Gasteiger partial charge in [-0.05, 0) is 37.1 Å². The molecule has 1 aliphatic rings. The molecule has 13 heteroatoms. The molecule has 4 aromatic rings. The molecule has 1 aromatic carbocycles. The first-order valence-corrected chi connectivity index (χ1v) is 10.4. The molecule has 0 saturated heterocycles. The summed E-state index contributed by atoms with van der Waals surface area (Å²) in [6.07, 6.45) is -4.96. The van der Waals surface area contributed by atoms with Crippen molar-refractivity contribution in [2.45, 2.75) is 37.8 Å². The van der Waals surface area contributed by atoms with Crippen molar-refractivity contribution in [3.63, 3.8) is 0 Å². The number of carbonyl (C=O) groups is 1. The number of nitrogens with zero attached hydrogens (tertiary/aromatic N) is 5. The minimum Gasteiger partial charge on any atom is -0.382 e. The van der Waals surface area contributed by atoms with Gasteiger partial charge >= 0.3 is 12.4 Å². The molecule has 7 nitrogen and oxygen atoms in total. The Labute approximate surface area is 193 Å². The van der Waals surface area contributed by atoms with Crippen LogP contribution in [0.1, 0.15) is 40.0 Å². The van der Waals surface area contributed by atoms with Gasteiger partial charge in [0.2, 0.25) is 0 Å². The summed E-state index contributed by atoms with van der Waals surface area (Å²) in [6.45, 7) is -0.239. The minimum absolute atomic E-state index is 0.0183. The molecule has 0 bridgehead atoms. The van der Waals surface area contributed by atoms with Crippen molar-refractivity contribution in [1.82, 2.24) is 24.3 Å². The molecule has 3 aromatic heterocycles. The first kappa shape index (κ1) is 22.9. The maximum atomic E-state index is 14.0. The Morgan fingerprint density at radius 1 is 1.06 bits per heavy atom. The fraction of sp³-hybridized carbons (Fsp3) is 0.273. The molecular weight excluding hydrogens is 478 g/mol. The summed E-state index contributed by atoms with van der Waals surface area (Å²) < 4.78 is 81.9. The number of benzene rings is 1. The van der Waals surface area contributed by atoms with E-state index in [0.29, 0.717) is 24.6 Å². The van der Waals surface area contributed by atoms with Gasteiger partial charge in [0, 0.05) is 12.2 Å². The van der Waals surface area contributed by atoms with Crippen LogP contribution in [0.2, 0.25) is 0 Å². The van der Waals surface area contributed by atoms with Gasteiger partial charge < -0.3 is 10.6 Å². The molecule has 0 radical (unpaired) electrons. The standard InChI is InChI=1S/C22H16F6N6O/c23-21(24,25)11-1-2-12(31-7-11)9-33(13-3-4-13)20(35)14-5-17-16(6-15(14)22(26,27)28)32-19(29)18-8-30-10-34(17)18/h1-2,5-8,10,13H,3-4,9H2,(H2,29,32). The molecule has 1 aliphatic carbocycles. The predicted octanol–water partition coefficient (Wildman–Crippen LogP) is 4.70. The monoisotopic (exact) mass is 494 g/mol. The molecule has 1 fully saturated rings. The molecular formula is C22H16F6N6O. The smallest absolute Gasteiger partial charge is 0.382 e. The van der Waals surface area contributed by atoms with Crippen LogP contribution in [-0.2, 0) is 18.9 Å². The highest BCUT2D eigenvalue weighted by molar-refractivity contribution is 6.00. The van der Waals surface area contributed by atoms with Gasteiger partial charge in [0.05, 0.1) is 52.5 Å². The van der Waals surface area contributed by atoms with Crippen LogP contribution in [0.4, 0.5) is 32.2 Å². The summed E-state index contributed by atoms with van der Waals surface area (Å²) in [5, 5.41) is 0. The highest BCUT2D eigenvalue weighted by Gasteiger charge is 2.40. The maximum absolute atomic E-state index is 14.0. The van der Waals surface area contributed by atoms with Gasteiger partial charge in [-0.1, -0.05) is 0 Å². The summed E-state index contributed by atoms with van der Waals surface area (Å²) in [5.41, 5.74) is 3.70. The average molecular weight is 494 g/mol. The van der Waals surface area contributed by atoms with Gasteiger partial charge in [0.15, 0.2) is 0 Å². The first-order valence-electron chi connectivity index (χ1n) is 10.4. The number of nitrogens with two attached hydrogens (primary N) is 1. The fourth-order valence-corrected chi connectivity index (χ4v) is 3.90. The predicted molar refractivity (Wildman–Crippen MR) is 112 cm³/mol. The number of aromatic nitrogens is 4. The van der Waals surface area contributed by atoms with Gasteiger partial charge in [-0.25, -0.2) is 9.97 Å². The lowest BCUT2D eigenvalue weighted by Gasteiger charge is -2.24. The number of amides is 1. The van der Waals surface area contributed by atoms with Crippen molar-refractivity contribution in [2.24, 2.45) is 0 Å². The van der Waals surface area contributed by atoms with Crippen molar-refractivity contribution >= 4 is 28.3 Å². The average Bonchev–Trinajstić information content (AvgIpc) is 3.50. The number of hydrogen-bond donors (Lipinski definition) is 1. The normalized spacial score (nSPS) is 14.6. The number of hydrogen-bond acceptors (Lipinski definition) is 5. The second kappa shape index (κ2) is 7.82. The third kappa shape index (κ3) is 4.21. The van der Waals surface area contributed by atoms with Crippen molar-refractivity contribution in [1.29, 1.82) is 0 Å². The maximum Gasteiger partial charge on any atom is 0.417 e. The van der Waals surface area contributed by atoms with E-state index in [9.17, 15) is 31.1 Å². The Balaban J connectivity index is 1.59. The highest BCUT2D eigenvalue weighted by atomic mass is 19.4. The minimum atomic E-state index is -4.87. The largest absolute Gasteiger partial charge is 0.417 e. The van der Waals surface area contributed by atoms with E-state index in [1.807, 2.05) is 0 Å². The lowest BCUT2D eigenvalue weighted by molar-refractivity contribution is -0.138. The number of nitrogen functional groups attached to an aromatic ring is 1. The van der Waals surface area contributed by atoms with E-state index in [1.165, 1.54) is 21.8 Å². The number of halogens is 6. The zero-order chi connectivity index (χ0) is 25.1. The van der Waals surface area contributed by atoms with E-state index in [-0.39, 0.29) is 35.1 Å². The molecule has 1 amide bonds. The van der Waals surface area contributed by atoms with Crippen LogP contribution in [-0.4, -0.2) is 36.2 Å². The van der Waals surface area contributed by atoms with E-state index in [0.717, 1.165) is 24.3 Å². The fourth-order valence-electron chi connectivity index (χ4n) is 3.90. The molecule has 35 heavy (non-hydrogen) atoms. The lowest BCUT2D eigenvalue weighted by atomic mass is 10.0. The quantitative estimate of drug-likeness (QED) is 0.416. The molecule has 5 rings (SSSR count). The lowest BCUT2D eigenvalue weighted by Crippen LogP contribution is -2.34. The summed E-state index contributed by atoms with van der Waals surface area (Å²) >= 11 is 0. The third-order valence-electron chi connectivity index (χ3n) is 5.78.